The van der Waals surface area contributed by atoms with Crippen LogP contribution in [0.3, 0.4) is 0 Å². The molecule has 0 aliphatic rings. The Morgan fingerprint density at radius 2 is 2.54 bits per heavy atom. The van der Waals surface area contributed by atoms with Crippen LogP contribution in [-0.4, -0.2) is 33.7 Å². The van der Waals surface area contributed by atoms with Crippen molar-refractivity contribution in [1.29, 1.82) is 0 Å². The SMILES string of the molecule is CN[C@@H](Cc1cncn1C)C(=O)O. The van der Waals surface area contributed by atoms with E-state index < -0.39 is 12.0 Å². The fraction of sp³-hybridized carbons (Fsp3) is 0.500. The van der Waals surface area contributed by atoms with E-state index in [2.05, 4.69) is 10.3 Å². The molecule has 0 saturated carbocycles. The van der Waals surface area contributed by atoms with E-state index in [-0.39, 0.29) is 0 Å². The normalized spacial score (nSPS) is 12.8. The van der Waals surface area contributed by atoms with Crippen LogP contribution >= 0.6 is 0 Å². The molecule has 0 aliphatic carbocycles. The molecule has 0 unspecified atom stereocenters. The predicted octanol–water partition coefficient (Wildman–Crippen LogP) is -0.365. The third kappa shape index (κ3) is 2.29. The summed E-state index contributed by atoms with van der Waals surface area (Å²) in [4.78, 5) is 14.6. The highest BCUT2D eigenvalue weighted by Crippen LogP contribution is 2.01. The number of likely N-dealkylation sites (N-methyl/N-ethyl adjacent to an activating group) is 1. The van der Waals surface area contributed by atoms with Gasteiger partial charge in [-0.2, -0.15) is 0 Å². The highest BCUT2D eigenvalue weighted by Gasteiger charge is 2.16. The van der Waals surface area contributed by atoms with Crippen molar-refractivity contribution in [3.05, 3.63) is 18.2 Å². The van der Waals surface area contributed by atoms with Gasteiger partial charge in [0.15, 0.2) is 0 Å². The quantitative estimate of drug-likeness (QED) is 0.668. The minimum Gasteiger partial charge on any atom is -0.480 e. The summed E-state index contributed by atoms with van der Waals surface area (Å²) >= 11 is 0. The second-order valence-electron chi connectivity index (χ2n) is 2.88. The molecule has 5 heteroatoms. The number of aryl methyl sites for hydroxylation is 1. The Morgan fingerprint density at radius 1 is 1.85 bits per heavy atom. The molecule has 1 rings (SSSR count). The number of carboxylic acid groups (broad SMARTS) is 1. The molecule has 5 nitrogen and oxygen atoms in total. The average Bonchev–Trinajstić information content (AvgIpc) is 2.46. The van der Waals surface area contributed by atoms with Gasteiger partial charge in [-0.15, -0.1) is 0 Å². The molecule has 13 heavy (non-hydrogen) atoms. The van der Waals surface area contributed by atoms with Crippen molar-refractivity contribution < 1.29 is 9.90 Å². The minimum absolute atomic E-state index is 0.447. The summed E-state index contributed by atoms with van der Waals surface area (Å²) in [5.41, 5.74) is 0.904. The lowest BCUT2D eigenvalue weighted by Gasteiger charge is -2.10. The predicted molar refractivity (Wildman–Crippen MR) is 47.4 cm³/mol. The lowest BCUT2D eigenvalue weighted by molar-refractivity contribution is -0.139. The Balaban J connectivity index is 2.67. The fourth-order valence-corrected chi connectivity index (χ4v) is 1.10. The zero-order valence-electron chi connectivity index (χ0n) is 7.69. The summed E-state index contributed by atoms with van der Waals surface area (Å²) in [6, 6.07) is -0.546. The van der Waals surface area contributed by atoms with E-state index in [9.17, 15) is 4.79 Å². The first-order valence-electron chi connectivity index (χ1n) is 4.00. The number of carboxylic acids is 1. The Morgan fingerprint density at radius 3 is 2.92 bits per heavy atom. The Hall–Kier alpha value is -1.36. The van der Waals surface area contributed by atoms with Crippen LogP contribution in [0.1, 0.15) is 5.69 Å². The third-order valence-corrected chi connectivity index (χ3v) is 1.98. The van der Waals surface area contributed by atoms with E-state index in [0.29, 0.717) is 6.42 Å². The van der Waals surface area contributed by atoms with E-state index in [1.165, 1.54) is 0 Å². The van der Waals surface area contributed by atoms with E-state index >= 15 is 0 Å². The van der Waals surface area contributed by atoms with Crippen molar-refractivity contribution in [2.45, 2.75) is 12.5 Å². The molecule has 2 N–H and O–H groups in total. The molecule has 0 spiro atoms. The van der Waals surface area contributed by atoms with Gasteiger partial charge in [-0.1, -0.05) is 0 Å². The Bertz CT molecular complexity index is 295. The molecule has 72 valence electrons. The Labute approximate surface area is 76.4 Å². The van der Waals surface area contributed by atoms with E-state index in [1.54, 1.807) is 19.6 Å². The lowest BCUT2D eigenvalue weighted by Crippen LogP contribution is -2.36. The maximum atomic E-state index is 10.7. The molecular formula is C8H13N3O2. The van der Waals surface area contributed by atoms with Crippen molar-refractivity contribution in [2.75, 3.05) is 7.05 Å². The molecular weight excluding hydrogens is 170 g/mol. The van der Waals surface area contributed by atoms with Gasteiger partial charge < -0.3 is 15.0 Å². The number of hydrogen-bond donors (Lipinski definition) is 2. The standard InChI is InChI=1S/C8H13N3O2/c1-9-7(8(12)13)3-6-4-10-5-11(6)2/h4-5,7,9H,3H2,1-2H3,(H,12,13)/t7-/m0/s1. The van der Waals surface area contributed by atoms with E-state index in [4.69, 9.17) is 5.11 Å². The largest absolute Gasteiger partial charge is 0.480 e. The van der Waals surface area contributed by atoms with Gasteiger partial charge in [0.1, 0.15) is 6.04 Å². The van der Waals surface area contributed by atoms with E-state index in [0.717, 1.165) is 5.69 Å². The van der Waals surface area contributed by atoms with Crippen molar-refractivity contribution in [1.82, 2.24) is 14.9 Å². The molecule has 1 aromatic rings. The van der Waals surface area contributed by atoms with Gasteiger partial charge in [0.25, 0.3) is 0 Å². The number of nitrogens with zero attached hydrogens (tertiary/aromatic N) is 2. The first-order valence-corrected chi connectivity index (χ1v) is 4.00. The van der Waals surface area contributed by atoms with Gasteiger partial charge >= 0.3 is 5.97 Å². The van der Waals surface area contributed by atoms with Crippen LogP contribution in [0.5, 0.6) is 0 Å². The van der Waals surface area contributed by atoms with Crippen molar-refractivity contribution >= 4 is 5.97 Å². The molecule has 1 atom stereocenters. The molecule has 0 saturated heterocycles. The first-order chi connectivity index (χ1) is 6.15. The van der Waals surface area contributed by atoms with Crippen molar-refractivity contribution in [3.8, 4) is 0 Å². The molecule has 0 aromatic carbocycles. The van der Waals surface area contributed by atoms with Crippen molar-refractivity contribution in [3.63, 3.8) is 0 Å². The summed E-state index contributed by atoms with van der Waals surface area (Å²) in [5, 5.41) is 11.5. The average molecular weight is 183 g/mol. The zero-order valence-corrected chi connectivity index (χ0v) is 7.69. The second kappa shape index (κ2) is 4.04. The fourth-order valence-electron chi connectivity index (χ4n) is 1.10. The number of imidazole rings is 1. The van der Waals surface area contributed by atoms with Crippen LogP contribution in [0.15, 0.2) is 12.5 Å². The van der Waals surface area contributed by atoms with Gasteiger partial charge in [-0.3, -0.25) is 4.79 Å². The number of aromatic nitrogens is 2. The van der Waals surface area contributed by atoms with Gasteiger partial charge in [0.05, 0.1) is 6.33 Å². The van der Waals surface area contributed by atoms with Gasteiger partial charge in [0, 0.05) is 25.4 Å². The van der Waals surface area contributed by atoms with E-state index in [1.807, 2.05) is 11.6 Å². The summed E-state index contributed by atoms with van der Waals surface area (Å²) in [7, 11) is 3.48. The molecule has 0 radical (unpaired) electrons. The van der Waals surface area contributed by atoms with Crippen LogP contribution in [0, 0.1) is 0 Å². The highest BCUT2D eigenvalue weighted by atomic mass is 16.4. The number of nitrogens with one attached hydrogen (secondary N) is 1. The van der Waals surface area contributed by atoms with Gasteiger partial charge in [-0.05, 0) is 7.05 Å². The molecule has 0 bridgehead atoms. The van der Waals surface area contributed by atoms with Crippen LogP contribution in [0.25, 0.3) is 0 Å². The molecule has 0 amide bonds. The topological polar surface area (TPSA) is 67.2 Å². The maximum Gasteiger partial charge on any atom is 0.321 e. The number of aliphatic carboxylic acids is 1. The summed E-state index contributed by atoms with van der Waals surface area (Å²) in [5.74, 6) is -0.844. The number of rotatable bonds is 4. The maximum absolute atomic E-state index is 10.7. The smallest absolute Gasteiger partial charge is 0.321 e. The van der Waals surface area contributed by atoms with Crippen LogP contribution in [0.2, 0.25) is 0 Å². The Kier molecular flexibility index (Phi) is 3.02. The van der Waals surface area contributed by atoms with Gasteiger partial charge in [0.2, 0.25) is 0 Å². The minimum atomic E-state index is -0.844. The monoisotopic (exact) mass is 183 g/mol. The summed E-state index contributed by atoms with van der Waals surface area (Å²) in [6.07, 6.45) is 3.78. The second-order valence-corrected chi connectivity index (χ2v) is 2.88. The highest BCUT2D eigenvalue weighted by molar-refractivity contribution is 5.73. The van der Waals surface area contributed by atoms with Crippen molar-refractivity contribution in [2.24, 2.45) is 7.05 Å². The molecule has 0 aliphatic heterocycles. The molecule has 1 aromatic heterocycles. The number of hydrogen-bond acceptors (Lipinski definition) is 3. The molecule has 1 heterocycles. The zero-order chi connectivity index (χ0) is 9.84. The summed E-state index contributed by atoms with van der Waals surface area (Å²) < 4.78 is 1.81. The van der Waals surface area contributed by atoms with Crippen LogP contribution in [0.4, 0.5) is 0 Å². The number of carbonyl (C=O) groups is 1. The van der Waals surface area contributed by atoms with Crippen LogP contribution < -0.4 is 5.32 Å². The molecule has 0 fully saturated rings. The lowest BCUT2D eigenvalue weighted by atomic mass is 10.2. The summed E-state index contributed by atoms with van der Waals surface area (Å²) in [6.45, 7) is 0. The first kappa shape index (κ1) is 9.73. The van der Waals surface area contributed by atoms with Crippen LogP contribution in [-0.2, 0) is 18.3 Å². The third-order valence-electron chi connectivity index (χ3n) is 1.98. The van der Waals surface area contributed by atoms with Gasteiger partial charge in [-0.25, -0.2) is 4.98 Å².